The summed E-state index contributed by atoms with van der Waals surface area (Å²) in [5, 5.41) is 47.1. The average molecular weight is 1000 g/mol. The largest absolute Gasteiger partial charge is 0.508 e. The third-order valence-corrected chi connectivity index (χ3v) is 11.0. The topological polar surface area (TPSA) is 398 Å². The Morgan fingerprint density at radius 3 is 1.56 bits per heavy atom. The van der Waals surface area contributed by atoms with Crippen LogP contribution in [0.2, 0.25) is 0 Å². The van der Waals surface area contributed by atoms with Gasteiger partial charge in [-0.3, -0.25) is 38.6 Å². The molecule has 72 heavy (non-hydrogen) atoms. The smallest absolute Gasteiger partial charge is 0.326 e. The number of rotatable bonds is 31. The molecule has 0 radical (unpaired) electrons. The number of nitrogens with zero attached hydrogens (tertiary/aromatic N) is 1. The lowest BCUT2D eigenvalue weighted by Gasteiger charge is -2.28. The number of unbranched alkanes of at least 4 members (excludes halogenated alkanes) is 1. The molecule has 18 N–H and O–H groups in total. The first-order valence-electron chi connectivity index (χ1n) is 23.6. The molecule has 0 aliphatic heterocycles. The van der Waals surface area contributed by atoms with Gasteiger partial charge < -0.3 is 75.5 Å². The van der Waals surface area contributed by atoms with E-state index in [0.29, 0.717) is 29.5 Å². The zero-order valence-corrected chi connectivity index (χ0v) is 40.6. The van der Waals surface area contributed by atoms with Gasteiger partial charge in [0.1, 0.15) is 41.7 Å². The lowest BCUT2D eigenvalue weighted by molar-refractivity contribution is -0.142. The van der Waals surface area contributed by atoms with E-state index in [1.165, 1.54) is 36.4 Å². The van der Waals surface area contributed by atoms with Gasteiger partial charge in [-0.15, -0.1) is 0 Å². The SMILES string of the molecule is CC(C)C[C@H](NC(=O)[C@H](Cc1ccccc1)NC(=O)CNC(=O)CNC(=O)[C@@H](N)Cc1ccc(O)cc1)C(=O)N[C@@H](CCCN=C(N)N)C(=O)N[C@@H](CCCCN)C(=O)N[C@@H](Cc1ccc(O)cc1)C(=O)O. The lowest BCUT2D eigenvalue weighted by Crippen LogP contribution is -2.59. The Kier molecular flexibility index (Phi) is 25.0. The standard InChI is InChI=1S/C49H70N12O11/c1-29(2)23-38(60-47(70)39(25-30-9-4-3-5-10-30)57-42(65)28-55-41(64)27-56-43(66)35(51)24-31-13-17-33(62)18-14-31)46(69)59-37(12-8-22-54-49(52)53)44(67)58-36(11-6-7-21-50)45(68)61-40(48(71)72)26-32-15-19-34(63)20-16-32/h3-5,9-10,13-20,29,35-40,62-63H,6-8,11-12,21-28,50-51H2,1-2H3,(H,55,64)(H,56,66)(H,57,65)(H,58,67)(H,59,69)(H,60,70)(H,61,68)(H,71,72)(H4,52,53,54)/t35-,36-,37-,38-,39-,40-/m0/s1. The van der Waals surface area contributed by atoms with Gasteiger partial charge in [0, 0.05) is 19.4 Å². The molecule has 0 bridgehead atoms. The quantitative estimate of drug-likeness (QED) is 0.0197. The number of hydrogen-bond donors (Lipinski definition) is 14. The van der Waals surface area contributed by atoms with Crippen LogP contribution in [0.4, 0.5) is 0 Å². The summed E-state index contributed by atoms with van der Waals surface area (Å²) < 4.78 is 0. The van der Waals surface area contributed by atoms with Crippen LogP contribution in [0.5, 0.6) is 11.5 Å². The van der Waals surface area contributed by atoms with Gasteiger partial charge in [-0.1, -0.05) is 68.4 Å². The zero-order valence-electron chi connectivity index (χ0n) is 40.6. The van der Waals surface area contributed by atoms with Crippen LogP contribution < -0.4 is 60.2 Å². The molecule has 7 amide bonds. The number of carboxylic acid groups (broad SMARTS) is 1. The van der Waals surface area contributed by atoms with Crippen molar-refractivity contribution in [2.75, 3.05) is 26.2 Å². The maximum Gasteiger partial charge on any atom is 0.326 e. The number of amides is 7. The van der Waals surface area contributed by atoms with Crippen molar-refractivity contribution in [1.29, 1.82) is 0 Å². The fraction of sp³-hybridized carbons (Fsp3) is 0.449. The molecule has 392 valence electrons. The third kappa shape index (κ3) is 22.3. The number of carboxylic acids is 1. The molecule has 3 aromatic carbocycles. The molecular formula is C49H70N12O11. The van der Waals surface area contributed by atoms with Gasteiger partial charge in [0.25, 0.3) is 0 Å². The number of nitrogens with two attached hydrogens (primary N) is 4. The molecule has 0 aliphatic carbocycles. The fourth-order valence-corrected chi connectivity index (χ4v) is 7.22. The monoisotopic (exact) mass is 1000 g/mol. The lowest BCUT2D eigenvalue weighted by atomic mass is 10.00. The molecule has 0 unspecified atom stereocenters. The predicted molar refractivity (Wildman–Crippen MR) is 267 cm³/mol. The van der Waals surface area contributed by atoms with Crippen molar-refractivity contribution in [1.82, 2.24) is 37.2 Å². The number of phenols is 2. The highest BCUT2D eigenvalue weighted by Gasteiger charge is 2.33. The molecule has 3 aromatic rings. The summed E-state index contributed by atoms with van der Waals surface area (Å²) in [5.74, 6) is -6.96. The maximum atomic E-state index is 14.2. The summed E-state index contributed by atoms with van der Waals surface area (Å²) in [4.78, 5) is 111. The van der Waals surface area contributed by atoms with E-state index in [2.05, 4.69) is 42.2 Å². The highest BCUT2D eigenvalue weighted by Crippen LogP contribution is 2.14. The molecule has 3 rings (SSSR count). The number of carbonyl (C=O) groups is 8. The summed E-state index contributed by atoms with van der Waals surface area (Å²) in [6.45, 7) is 2.87. The van der Waals surface area contributed by atoms with Crippen LogP contribution in [0.3, 0.4) is 0 Å². The van der Waals surface area contributed by atoms with Gasteiger partial charge in [0.15, 0.2) is 5.96 Å². The molecule has 0 heterocycles. The van der Waals surface area contributed by atoms with Gasteiger partial charge >= 0.3 is 5.97 Å². The Balaban J connectivity index is 1.77. The summed E-state index contributed by atoms with van der Waals surface area (Å²) in [6, 6.07) is 13.1. The van der Waals surface area contributed by atoms with E-state index in [1.54, 1.807) is 56.3 Å². The Morgan fingerprint density at radius 1 is 0.542 bits per heavy atom. The van der Waals surface area contributed by atoms with Crippen molar-refractivity contribution in [3.8, 4) is 11.5 Å². The molecule has 6 atom stereocenters. The maximum absolute atomic E-state index is 14.2. The summed E-state index contributed by atoms with van der Waals surface area (Å²) in [7, 11) is 0. The van der Waals surface area contributed by atoms with Crippen molar-refractivity contribution in [3.63, 3.8) is 0 Å². The molecular weight excluding hydrogens is 933 g/mol. The summed E-state index contributed by atoms with van der Waals surface area (Å²) in [5.41, 5.74) is 24.5. The number of carbonyl (C=O) groups excluding carboxylic acids is 7. The van der Waals surface area contributed by atoms with E-state index in [1.807, 2.05) is 0 Å². The first-order valence-corrected chi connectivity index (χ1v) is 23.6. The highest BCUT2D eigenvalue weighted by atomic mass is 16.4. The normalized spacial score (nSPS) is 13.4. The van der Waals surface area contributed by atoms with Crippen LogP contribution in [0.25, 0.3) is 0 Å². The average Bonchev–Trinajstić information content (AvgIpc) is 3.33. The number of phenolic OH excluding ortho intramolecular Hbond substituents is 2. The zero-order chi connectivity index (χ0) is 53.2. The van der Waals surface area contributed by atoms with E-state index in [4.69, 9.17) is 22.9 Å². The molecule has 0 saturated carbocycles. The van der Waals surface area contributed by atoms with Crippen LogP contribution >= 0.6 is 0 Å². The second kappa shape index (κ2) is 30.7. The molecule has 0 saturated heterocycles. The number of aliphatic carboxylic acids is 1. The van der Waals surface area contributed by atoms with Crippen molar-refractivity contribution >= 4 is 53.3 Å². The van der Waals surface area contributed by atoms with Gasteiger partial charge in [0.05, 0.1) is 19.1 Å². The fourth-order valence-electron chi connectivity index (χ4n) is 7.22. The first kappa shape index (κ1) is 58.5. The second-order valence-electron chi connectivity index (χ2n) is 17.6. The predicted octanol–water partition coefficient (Wildman–Crippen LogP) is -1.58. The second-order valence-corrected chi connectivity index (χ2v) is 17.6. The van der Waals surface area contributed by atoms with Crippen molar-refractivity contribution in [2.45, 2.75) is 108 Å². The van der Waals surface area contributed by atoms with E-state index in [0.717, 1.165) is 0 Å². The van der Waals surface area contributed by atoms with Gasteiger partial charge in [-0.25, -0.2) is 4.79 Å². The minimum atomic E-state index is -1.41. The Labute approximate surface area is 418 Å². The number of guanidine groups is 1. The van der Waals surface area contributed by atoms with E-state index < -0.39 is 96.7 Å². The molecule has 23 heteroatoms. The van der Waals surface area contributed by atoms with E-state index >= 15 is 0 Å². The number of aromatic hydroxyl groups is 2. The molecule has 0 aromatic heterocycles. The third-order valence-electron chi connectivity index (χ3n) is 11.0. The molecule has 23 nitrogen and oxygen atoms in total. The van der Waals surface area contributed by atoms with Gasteiger partial charge in [-0.2, -0.15) is 0 Å². The van der Waals surface area contributed by atoms with Crippen molar-refractivity contribution < 1.29 is 53.7 Å². The van der Waals surface area contributed by atoms with Gasteiger partial charge in [-0.05, 0) is 98.4 Å². The van der Waals surface area contributed by atoms with E-state index in [9.17, 15) is 53.7 Å². The highest BCUT2D eigenvalue weighted by molar-refractivity contribution is 5.97. The summed E-state index contributed by atoms with van der Waals surface area (Å²) in [6.07, 6.45) is 1.10. The van der Waals surface area contributed by atoms with Crippen molar-refractivity contribution in [3.05, 3.63) is 95.6 Å². The van der Waals surface area contributed by atoms with Crippen LogP contribution in [0.15, 0.2) is 83.9 Å². The number of nitrogens with one attached hydrogen (secondary N) is 7. The van der Waals surface area contributed by atoms with E-state index in [-0.39, 0.29) is 81.4 Å². The minimum absolute atomic E-state index is 0.0283. The first-order chi connectivity index (χ1) is 34.2. The Morgan fingerprint density at radius 2 is 1.01 bits per heavy atom. The van der Waals surface area contributed by atoms with Crippen LogP contribution in [0.1, 0.15) is 69.1 Å². The number of benzene rings is 3. The van der Waals surface area contributed by atoms with Crippen LogP contribution in [-0.2, 0) is 57.6 Å². The van der Waals surface area contributed by atoms with Crippen molar-refractivity contribution in [2.24, 2.45) is 33.8 Å². The Bertz CT molecular complexity index is 2280. The summed E-state index contributed by atoms with van der Waals surface area (Å²) >= 11 is 0. The molecule has 0 aliphatic rings. The Hall–Kier alpha value is -7.79. The van der Waals surface area contributed by atoms with Crippen LogP contribution in [-0.4, -0.2) is 131 Å². The molecule has 0 spiro atoms. The number of aliphatic imine (C=N–C) groups is 1. The number of hydrogen-bond acceptors (Lipinski definition) is 13. The van der Waals surface area contributed by atoms with Crippen LogP contribution in [0, 0.1) is 5.92 Å². The minimum Gasteiger partial charge on any atom is -0.508 e. The molecule has 0 fully saturated rings. The van der Waals surface area contributed by atoms with Gasteiger partial charge in [0.2, 0.25) is 41.4 Å².